The minimum Gasteiger partial charge on any atom is -0.352 e. The molecule has 3 rings (SSSR count). The SMILES string of the molecule is CC[C@H](C(=O)NC1CCCCC1)N(Cc1ccc(Cl)c(Cl)c1)C(=O)Cc1ccc(C)c(C)c1. The Hall–Kier alpha value is -2.04. The van der Waals surface area contributed by atoms with E-state index in [4.69, 9.17) is 23.2 Å². The first kappa shape index (κ1) is 25.6. The molecule has 178 valence electrons. The molecule has 0 spiro atoms. The van der Waals surface area contributed by atoms with Gasteiger partial charge in [0.05, 0.1) is 16.5 Å². The number of rotatable bonds is 8. The zero-order chi connectivity index (χ0) is 24.0. The Morgan fingerprint density at radius 2 is 1.67 bits per heavy atom. The standard InChI is InChI=1S/C27H34Cl2N2O2/c1-4-25(27(33)30-22-8-6-5-7-9-22)31(17-21-12-13-23(28)24(29)15-21)26(32)16-20-11-10-18(2)19(3)14-20/h10-15,22,25H,4-9,16-17H2,1-3H3,(H,30,33)/t25-/m1/s1. The van der Waals surface area contributed by atoms with Crippen LogP contribution >= 0.6 is 23.2 Å². The second-order valence-corrected chi connectivity index (χ2v) is 9.95. The molecular formula is C27H34Cl2N2O2. The molecule has 2 aromatic carbocycles. The molecule has 0 heterocycles. The molecule has 2 aromatic rings. The first-order chi connectivity index (χ1) is 15.8. The van der Waals surface area contributed by atoms with Gasteiger partial charge in [-0.25, -0.2) is 0 Å². The highest BCUT2D eigenvalue weighted by Crippen LogP contribution is 2.25. The topological polar surface area (TPSA) is 49.4 Å². The Balaban J connectivity index is 1.84. The summed E-state index contributed by atoms with van der Waals surface area (Å²) in [7, 11) is 0. The predicted molar refractivity (Wildman–Crippen MR) is 136 cm³/mol. The maximum absolute atomic E-state index is 13.5. The van der Waals surface area contributed by atoms with Gasteiger partial charge in [-0.05, 0) is 67.5 Å². The van der Waals surface area contributed by atoms with Crippen LogP contribution < -0.4 is 5.32 Å². The maximum atomic E-state index is 13.5. The summed E-state index contributed by atoms with van der Waals surface area (Å²) in [6.07, 6.45) is 6.30. The number of carbonyl (C=O) groups is 2. The molecular weight excluding hydrogens is 455 g/mol. The minimum atomic E-state index is -0.541. The average Bonchev–Trinajstić information content (AvgIpc) is 2.79. The van der Waals surface area contributed by atoms with E-state index in [1.807, 2.05) is 38.1 Å². The monoisotopic (exact) mass is 488 g/mol. The molecule has 6 heteroatoms. The van der Waals surface area contributed by atoms with E-state index in [9.17, 15) is 9.59 Å². The zero-order valence-corrected chi connectivity index (χ0v) is 21.3. The van der Waals surface area contributed by atoms with Crippen molar-refractivity contribution < 1.29 is 9.59 Å². The van der Waals surface area contributed by atoms with Crippen LogP contribution in [0.15, 0.2) is 36.4 Å². The summed E-state index contributed by atoms with van der Waals surface area (Å²) in [5, 5.41) is 4.12. The lowest BCUT2D eigenvalue weighted by atomic mass is 9.95. The van der Waals surface area contributed by atoms with Gasteiger partial charge in [0, 0.05) is 12.6 Å². The van der Waals surface area contributed by atoms with Crippen molar-refractivity contribution in [2.75, 3.05) is 0 Å². The van der Waals surface area contributed by atoms with Crippen LogP contribution in [0.25, 0.3) is 0 Å². The number of hydrogen-bond donors (Lipinski definition) is 1. The number of benzene rings is 2. The third-order valence-corrected chi connectivity index (χ3v) is 7.34. The summed E-state index contributed by atoms with van der Waals surface area (Å²) in [5.41, 5.74) is 4.14. The van der Waals surface area contributed by atoms with E-state index in [2.05, 4.69) is 12.2 Å². The first-order valence-electron chi connectivity index (χ1n) is 11.9. The van der Waals surface area contributed by atoms with Gasteiger partial charge in [-0.3, -0.25) is 9.59 Å². The van der Waals surface area contributed by atoms with Crippen LogP contribution in [0.1, 0.15) is 67.7 Å². The molecule has 0 bridgehead atoms. The molecule has 0 aliphatic heterocycles. The van der Waals surface area contributed by atoms with Crippen LogP contribution in [0.2, 0.25) is 10.0 Å². The second-order valence-electron chi connectivity index (χ2n) is 9.13. The van der Waals surface area contributed by atoms with E-state index < -0.39 is 6.04 Å². The lowest BCUT2D eigenvalue weighted by Crippen LogP contribution is -2.51. The van der Waals surface area contributed by atoms with E-state index in [1.165, 1.54) is 12.0 Å². The largest absolute Gasteiger partial charge is 0.352 e. The van der Waals surface area contributed by atoms with Crippen LogP contribution in [-0.2, 0) is 22.6 Å². The van der Waals surface area contributed by atoms with Crippen molar-refractivity contribution in [3.8, 4) is 0 Å². The molecule has 0 saturated heterocycles. The van der Waals surface area contributed by atoms with Gasteiger partial charge in [-0.2, -0.15) is 0 Å². The van der Waals surface area contributed by atoms with Crippen molar-refractivity contribution in [2.24, 2.45) is 0 Å². The summed E-state index contributed by atoms with van der Waals surface area (Å²) in [4.78, 5) is 28.5. The van der Waals surface area contributed by atoms with Gasteiger partial charge >= 0.3 is 0 Å². The molecule has 4 nitrogen and oxygen atoms in total. The molecule has 1 fully saturated rings. The van der Waals surface area contributed by atoms with Crippen LogP contribution in [0.4, 0.5) is 0 Å². The number of halogens is 2. The Morgan fingerprint density at radius 3 is 2.30 bits per heavy atom. The molecule has 2 amide bonds. The number of aryl methyl sites for hydroxylation is 2. The van der Waals surface area contributed by atoms with Gasteiger partial charge in [0.25, 0.3) is 0 Å². The van der Waals surface area contributed by atoms with Gasteiger partial charge in [0.15, 0.2) is 0 Å². The number of hydrogen-bond acceptors (Lipinski definition) is 2. The molecule has 33 heavy (non-hydrogen) atoms. The fraction of sp³-hybridized carbons (Fsp3) is 0.481. The summed E-state index contributed by atoms with van der Waals surface area (Å²) in [5.74, 6) is -0.145. The highest BCUT2D eigenvalue weighted by atomic mass is 35.5. The smallest absolute Gasteiger partial charge is 0.243 e. The molecule has 1 aliphatic rings. The normalized spacial score (nSPS) is 15.2. The Morgan fingerprint density at radius 1 is 0.970 bits per heavy atom. The minimum absolute atomic E-state index is 0.0714. The van der Waals surface area contributed by atoms with Crippen molar-refractivity contribution in [1.82, 2.24) is 10.2 Å². The summed E-state index contributed by atoms with van der Waals surface area (Å²) in [6, 6.07) is 11.1. The third kappa shape index (κ3) is 6.97. The molecule has 1 aliphatic carbocycles. The lowest BCUT2D eigenvalue weighted by molar-refractivity contribution is -0.141. The lowest BCUT2D eigenvalue weighted by Gasteiger charge is -2.33. The summed E-state index contributed by atoms with van der Waals surface area (Å²) >= 11 is 12.3. The van der Waals surface area contributed by atoms with Crippen LogP contribution in [0, 0.1) is 13.8 Å². The third-order valence-electron chi connectivity index (χ3n) is 6.60. The van der Waals surface area contributed by atoms with Gasteiger partial charge < -0.3 is 10.2 Å². The number of nitrogens with one attached hydrogen (secondary N) is 1. The van der Waals surface area contributed by atoms with Crippen molar-refractivity contribution in [3.63, 3.8) is 0 Å². The van der Waals surface area contributed by atoms with Crippen LogP contribution in [0.5, 0.6) is 0 Å². The number of amides is 2. The van der Waals surface area contributed by atoms with E-state index in [-0.39, 0.29) is 24.3 Å². The molecule has 0 aromatic heterocycles. The quantitative estimate of drug-likeness (QED) is 0.466. The molecule has 0 unspecified atom stereocenters. The highest BCUT2D eigenvalue weighted by molar-refractivity contribution is 6.42. The van der Waals surface area contributed by atoms with E-state index >= 15 is 0 Å². The maximum Gasteiger partial charge on any atom is 0.243 e. The van der Waals surface area contributed by atoms with Gasteiger partial charge in [-0.15, -0.1) is 0 Å². The fourth-order valence-electron chi connectivity index (χ4n) is 4.49. The first-order valence-corrected chi connectivity index (χ1v) is 12.6. The van der Waals surface area contributed by atoms with Crippen LogP contribution in [-0.4, -0.2) is 28.8 Å². The highest BCUT2D eigenvalue weighted by Gasteiger charge is 2.30. The second kappa shape index (κ2) is 11.9. The average molecular weight is 489 g/mol. The Kier molecular flexibility index (Phi) is 9.22. The summed E-state index contributed by atoms with van der Waals surface area (Å²) < 4.78 is 0. The van der Waals surface area contributed by atoms with E-state index in [0.717, 1.165) is 42.4 Å². The summed E-state index contributed by atoms with van der Waals surface area (Å²) in [6.45, 7) is 6.36. The van der Waals surface area contributed by atoms with Crippen LogP contribution in [0.3, 0.4) is 0 Å². The van der Waals surface area contributed by atoms with Crippen molar-refractivity contribution in [3.05, 3.63) is 68.7 Å². The molecule has 1 saturated carbocycles. The van der Waals surface area contributed by atoms with Crippen molar-refractivity contribution >= 4 is 35.0 Å². The molecule has 0 radical (unpaired) electrons. The predicted octanol–water partition coefficient (Wildman–Crippen LogP) is 6.41. The molecule has 1 atom stereocenters. The Bertz CT molecular complexity index is 986. The van der Waals surface area contributed by atoms with Gasteiger partial charge in [0.1, 0.15) is 6.04 Å². The van der Waals surface area contributed by atoms with E-state index in [1.54, 1.807) is 17.0 Å². The van der Waals surface area contributed by atoms with Gasteiger partial charge in [-0.1, -0.05) is 73.7 Å². The van der Waals surface area contributed by atoms with Crippen molar-refractivity contribution in [1.29, 1.82) is 0 Å². The van der Waals surface area contributed by atoms with Gasteiger partial charge in [0.2, 0.25) is 11.8 Å². The van der Waals surface area contributed by atoms with Crippen molar-refractivity contribution in [2.45, 2.75) is 84.3 Å². The number of nitrogens with zero attached hydrogens (tertiary/aromatic N) is 1. The Labute approximate surface area is 207 Å². The molecule has 1 N–H and O–H groups in total. The fourth-order valence-corrected chi connectivity index (χ4v) is 4.81. The zero-order valence-electron chi connectivity index (χ0n) is 19.8. The number of carbonyl (C=O) groups excluding carboxylic acids is 2. The van der Waals surface area contributed by atoms with E-state index in [0.29, 0.717) is 23.0 Å².